The number of rotatable bonds is 11. The third kappa shape index (κ3) is 5.89. The molecule has 2 aliphatic rings. The zero-order valence-electron chi connectivity index (χ0n) is 19.3. The Kier molecular flexibility index (Phi) is 8.56. The molecule has 3 rings (SSSR count). The van der Waals surface area contributed by atoms with Crippen LogP contribution in [-0.2, 0) is 11.2 Å². The highest BCUT2D eigenvalue weighted by Gasteiger charge is 2.48. The van der Waals surface area contributed by atoms with E-state index in [1.807, 2.05) is 12.2 Å². The molecule has 31 heavy (non-hydrogen) atoms. The second-order valence-electron chi connectivity index (χ2n) is 9.34. The average molecular weight is 430 g/mol. The Morgan fingerprint density at radius 1 is 1.26 bits per heavy atom. The molecule has 1 saturated carbocycles. The number of carbonyl (C=O) groups is 1. The second kappa shape index (κ2) is 11.1. The first kappa shape index (κ1) is 23.8. The van der Waals surface area contributed by atoms with Gasteiger partial charge in [-0.2, -0.15) is 0 Å². The standard InChI is InChI=1S/C26H39NO4/c1-4-5-6-12-19(28)15-16-20-22(29)17-23-25(20)21-13-9-11-18(26(21)31-23)10-7-8-14-24(30)27(2)3/h9,11,13,15-16,19-20,22-23,25,28-29H,4-8,10,12,14,17H2,1-3H3/t19-,20-,22+,23-,25-/m0/s1. The number of hydrogen-bond donors (Lipinski definition) is 2. The van der Waals surface area contributed by atoms with Gasteiger partial charge in [0.2, 0.25) is 5.91 Å². The number of amides is 1. The van der Waals surface area contributed by atoms with Crippen LogP contribution in [0.2, 0.25) is 0 Å². The van der Waals surface area contributed by atoms with E-state index in [-0.39, 0.29) is 23.8 Å². The summed E-state index contributed by atoms with van der Waals surface area (Å²) in [5, 5.41) is 20.9. The van der Waals surface area contributed by atoms with Gasteiger partial charge in [0.15, 0.2) is 0 Å². The van der Waals surface area contributed by atoms with Crippen molar-refractivity contribution in [3.8, 4) is 5.75 Å². The average Bonchev–Trinajstić information content (AvgIpc) is 3.24. The monoisotopic (exact) mass is 429 g/mol. The summed E-state index contributed by atoms with van der Waals surface area (Å²) in [4.78, 5) is 13.4. The van der Waals surface area contributed by atoms with Gasteiger partial charge in [-0.15, -0.1) is 0 Å². The van der Waals surface area contributed by atoms with Crippen LogP contribution in [0.3, 0.4) is 0 Å². The molecule has 5 heteroatoms. The summed E-state index contributed by atoms with van der Waals surface area (Å²) in [6.45, 7) is 2.16. The van der Waals surface area contributed by atoms with Crippen LogP contribution in [-0.4, -0.2) is 53.4 Å². The van der Waals surface area contributed by atoms with Crippen LogP contribution in [0.25, 0.3) is 0 Å². The van der Waals surface area contributed by atoms with Gasteiger partial charge in [0.05, 0.1) is 12.2 Å². The number of aliphatic hydroxyl groups excluding tert-OH is 2. The molecule has 1 aromatic carbocycles. The normalized spacial score (nSPS) is 25.3. The van der Waals surface area contributed by atoms with Crippen LogP contribution in [0, 0.1) is 5.92 Å². The van der Waals surface area contributed by atoms with E-state index in [1.54, 1.807) is 19.0 Å². The predicted octanol–water partition coefficient (Wildman–Crippen LogP) is 4.21. The summed E-state index contributed by atoms with van der Waals surface area (Å²) in [5.74, 6) is 1.26. The Hall–Kier alpha value is -1.85. The summed E-state index contributed by atoms with van der Waals surface area (Å²) < 4.78 is 6.33. The highest BCUT2D eigenvalue weighted by atomic mass is 16.5. The minimum Gasteiger partial charge on any atom is -0.489 e. The fraction of sp³-hybridized carbons (Fsp3) is 0.654. The quantitative estimate of drug-likeness (QED) is 0.408. The van der Waals surface area contributed by atoms with Crippen molar-refractivity contribution < 1.29 is 19.7 Å². The van der Waals surface area contributed by atoms with Crippen LogP contribution >= 0.6 is 0 Å². The van der Waals surface area contributed by atoms with Gasteiger partial charge in [-0.1, -0.05) is 56.5 Å². The van der Waals surface area contributed by atoms with Crippen LogP contribution in [0.15, 0.2) is 30.4 Å². The molecular weight excluding hydrogens is 390 g/mol. The van der Waals surface area contributed by atoms with Crippen molar-refractivity contribution >= 4 is 5.91 Å². The van der Waals surface area contributed by atoms with Crippen molar-refractivity contribution in [1.82, 2.24) is 4.90 Å². The Balaban J connectivity index is 1.63. The van der Waals surface area contributed by atoms with Gasteiger partial charge in [-0.3, -0.25) is 4.79 Å². The number of para-hydroxylation sites is 1. The number of benzene rings is 1. The first-order chi connectivity index (χ1) is 14.9. The molecule has 1 aliphatic heterocycles. The third-order valence-corrected chi connectivity index (χ3v) is 6.73. The van der Waals surface area contributed by atoms with Gasteiger partial charge in [0.25, 0.3) is 0 Å². The number of unbranched alkanes of at least 4 members (excludes halogenated alkanes) is 3. The molecule has 2 N–H and O–H groups in total. The van der Waals surface area contributed by atoms with Crippen molar-refractivity contribution in [2.45, 2.75) is 88.9 Å². The fourth-order valence-electron chi connectivity index (χ4n) is 4.94. The maximum atomic E-state index is 11.8. The molecule has 0 aromatic heterocycles. The second-order valence-corrected chi connectivity index (χ2v) is 9.34. The zero-order valence-corrected chi connectivity index (χ0v) is 19.3. The number of nitrogens with zero attached hydrogens (tertiary/aromatic N) is 1. The molecule has 1 fully saturated rings. The van der Waals surface area contributed by atoms with E-state index in [0.29, 0.717) is 12.8 Å². The maximum absolute atomic E-state index is 11.8. The lowest BCUT2D eigenvalue weighted by Crippen LogP contribution is -2.21. The van der Waals surface area contributed by atoms with Crippen molar-refractivity contribution in [3.05, 3.63) is 41.5 Å². The molecule has 1 heterocycles. The van der Waals surface area contributed by atoms with Crippen LogP contribution in [0.1, 0.15) is 75.3 Å². The Morgan fingerprint density at radius 2 is 2.06 bits per heavy atom. The predicted molar refractivity (Wildman–Crippen MR) is 123 cm³/mol. The molecule has 0 saturated heterocycles. The maximum Gasteiger partial charge on any atom is 0.222 e. The lowest BCUT2D eigenvalue weighted by atomic mass is 9.86. The Labute approximate surface area is 187 Å². The molecule has 5 nitrogen and oxygen atoms in total. The van der Waals surface area contributed by atoms with Crippen molar-refractivity contribution in [1.29, 1.82) is 0 Å². The largest absolute Gasteiger partial charge is 0.489 e. The Morgan fingerprint density at radius 3 is 2.81 bits per heavy atom. The highest BCUT2D eigenvalue weighted by Crippen LogP contribution is 2.52. The van der Waals surface area contributed by atoms with E-state index < -0.39 is 12.2 Å². The lowest BCUT2D eigenvalue weighted by molar-refractivity contribution is -0.128. The first-order valence-electron chi connectivity index (χ1n) is 12.0. The smallest absolute Gasteiger partial charge is 0.222 e. The number of carbonyl (C=O) groups excluding carboxylic acids is 1. The molecular formula is C26H39NO4. The van der Waals surface area contributed by atoms with Crippen LogP contribution in [0.5, 0.6) is 5.75 Å². The van der Waals surface area contributed by atoms with Gasteiger partial charge in [0.1, 0.15) is 11.9 Å². The highest BCUT2D eigenvalue weighted by molar-refractivity contribution is 5.75. The number of hydrogen-bond acceptors (Lipinski definition) is 4. The van der Waals surface area contributed by atoms with E-state index in [2.05, 4.69) is 25.1 Å². The molecule has 0 radical (unpaired) electrons. The van der Waals surface area contributed by atoms with Crippen LogP contribution in [0.4, 0.5) is 0 Å². The number of aryl methyl sites for hydroxylation is 1. The molecule has 1 aliphatic carbocycles. The SMILES string of the molecule is CCCCC[C@H](O)C=C[C@@H]1[C@H]2c3cccc(CCCCC(=O)N(C)C)c3O[C@H]2C[C@H]1O. The summed E-state index contributed by atoms with van der Waals surface area (Å²) in [6, 6.07) is 6.32. The van der Waals surface area contributed by atoms with Gasteiger partial charge >= 0.3 is 0 Å². The van der Waals surface area contributed by atoms with Gasteiger partial charge < -0.3 is 19.8 Å². The van der Waals surface area contributed by atoms with Gasteiger partial charge in [-0.25, -0.2) is 0 Å². The summed E-state index contributed by atoms with van der Waals surface area (Å²) in [6.07, 6.45) is 11.0. The van der Waals surface area contributed by atoms with Crippen LogP contribution < -0.4 is 4.74 Å². The molecule has 0 spiro atoms. The molecule has 172 valence electrons. The van der Waals surface area contributed by atoms with E-state index in [4.69, 9.17) is 4.74 Å². The molecule has 0 unspecified atom stereocenters. The number of ether oxygens (including phenoxy) is 1. The summed E-state index contributed by atoms with van der Waals surface area (Å²) in [5.41, 5.74) is 2.37. The van der Waals surface area contributed by atoms with E-state index in [0.717, 1.165) is 50.7 Å². The van der Waals surface area contributed by atoms with Crippen molar-refractivity contribution in [3.63, 3.8) is 0 Å². The van der Waals surface area contributed by atoms with E-state index in [9.17, 15) is 15.0 Å². The lowest BCUT2D eigenvalue weighted by Gasteiger charge is -2.18. The minimum absolute atomic E-state index is 0.00615. The topological polar surface area (TPSA) is 70.0 Å². The van der Waals surface area contributed by atoms with E-state index in [1.165, 1.54) is 11.1 Å². The number of aliphatic hydroxyl groups is 2. The summed E-state index contributed by atoms with van der Waals surface area (Å²) >= 11 is 0. The third-order valence-electron chi connectivity index (χ3n) is 6.73. The molecule has 0 bridgehead atoms. The number of fused-ring (bicyclic) bond motifs is 3. The molecule has 5 atom stereocenters. The van der Waals surface area contributed by atoms with Crippen molar-refractivity contribution in [2.75, 3.05) is 14.1 Å². The van der Waals surface area contributed by atoms with Gasteiger partial charge in [-0.05, 0) is 31.2 Å². The van der Waals surface area contributed by atoms with E-state index >= 15 is 0 Å². The molecule has 1 aromatic rings. The fourth-order valence-corrected chi connectivity index (χ4v) is 4.94. The van der Waals surface area contributed by atoms with Crippen molar-refractivity contribution in [2.24, 2.45) is 5.92 Å². The summed E-state index contributed by atoms with van der Waals surface area (Å²) in [7, 11) is 3.59. The minimum atomic E-state index is -0.448. The Bertz CT molecular complexity index is 760. The first-order valence-corrected chi connectivity index (χ1v) is 12.0. The molecule has 1 amide bonds. The van der Waals surface area contributed by atoms with Gasteiger partial charge in [0, 0.05) is 44.3 Å². The zero-order chi connectivity index (χ0) is 22.4.